The van der Waals surface area contributed by atoms with Gasteiger partial charge in [0.05, 0.1) is 12.7 Å². The molecule has 1 aromatic carbocycles. The molecule has 1 saturated carbocycles. The van der Waals surface area contributed by atoms with Crippen LogP contribution >= 0.6 is 0 Å². The number of rotatable bonds is 3. The predicted molar refractivity (Wildman–Crippen MR) is 72.3 cm³/mol. The highest BCUT2D eigenvalue weighted by molar-refractivity contribution is 5.17. The lowest BCUT2D eigenvalue weighted by atomic mass is 10.0. The summed E-state index contributed by atoms with van der Waals surface area (Å²) in [7, 11) is 0. The van der Waals surface area contributed by atoms with Gasteiger partial charge in [0.1, 0.15) is 0 Å². The van der Waals surface area contributed by atoms with Gasteiger partial charge in [-0.1, -0.05) is 30.3 Å². The maximum absolute atomic E-state index is 5.97. The Kier molecular flexibility index (Phi) is 3.15. The summed E-state index contributed by atoms with van der Waals surface area (Å²) in [6, 6.07) is 10.8. The first kappa shape index (κ1) is 11.5. The quantitative estimate of drug-likeness (QED) is 0.897. The van der Waals surface area contributed by atoms with Crippen LogP contribution in [0.2, 0.25) is 0 Å². The van der Waals surface area contributed by atoms with E-state index in [1.54, 1.807) is 0 Å². The Balaban J connectivity index is 1.70. The van der Waals surface area contributed by atoms with Crippen LogP contribution in [0.5, 0.6) is 0 Å². The highest BCUT2D eigenvalue weighted by Crippen LogP contribution is 2.33. The van der Waals surface area contributed by atoms with Crippen molar-refractivity contribution in [3.05, 3.63) is 53.9 Å². The molecule has 0 aliphatic heterocycles. The number of hydrogen-bond acceptors (Lipinski definition) is 2. The molecule has 1 aliphatic rings. The van der Waals surface area contributed by atoms with Crippen molar-refractivity contribution < 1.29 is 0 Å². The lowest BCUT2D eigenvalue weighted by molar-refractivity contribution is 0.667. The maximum Gasteiger partial charge on any atom is 0.0659 e. The second-order valence-electron chi connectivity index (χ2n) is 5.23. The summed E-state index contributed by atoms with van der Waals surface area (Å²) < 4.78 is 2.02. The molecule has 3 nitrogen and oxygen atoms in total. The summed E-state index contributed by atoms with van der Waals surface area (Å²) in [5.74, 6) is 0.615. The summed E-state index contributed by atoms with van der Waals surface area (Å²) in [6.45, 7) is 0.847. The van der Waals surface area contributed by atoms with Crippen LogP contribution in [-0.4, -0.2) is 15.8 Å². The first-order valence-electron chi connectivity index (χ1n) is 6.63. The van der Waals surface area contributed by atoms with E-state index < -0.39 is 0 Å². The van der Waals surface area contributed by atoms with E-state index in [4.69, 9.17) is 5.73 Å². The Morgan fingerprint density at radius 1 is 1.22 bits per heavy atom. The minimum Gasteiger partial charge on any atom is -0.328 e. The third-order valence-electron chi connectivity index (χ3n) is 3.79. The normalized spacial score (nSPS) is 23.4. The van der Waals surface area contributed by atoms with E-state index in [-0.39, 0.29) is 0 Å². The van der Waals surface area contributed by atoms with Gasteiger partial charge in [-0.15, -0.1) is 0 Å². The van der Waals surface area contributed by atoms with Gasteiger partial charge in [0.2, 0.25) is 0 Å². The molecule has 0 spiro atoms. The summed E-state index contributed by atoms with van der Waals surface area (Å²) in [6.07, 6.45) is 7.64. The van der Waals surface area contributed by atoms with Crippen molar-refractivity contribution in [2.45, 2.75) is 37.8 Å². The molecule has 2 unspecified atom stereocenters. The molecule has 1 fully saturated rings. The molecule has 2 aromatic rings. The Labute approximate surface area is 108 Å². The first-order chi connectivity index (χ1) is 8.81. The predicted octanol–water partition coefficient (Wildman–Crippen LogP) is 2.53. The van der Waals surface area contributed by atoms with Crippen LogP contribution in [0.15, 0.2) is 42.7 Å². The molecule has 1 aromatic heterocycles. The van der Waals surface area contributed by atoms with Gasteiger partial charge in [-0.05, 0) is 36.3 Å². The van der Waals surface area contributed by atoms with Gasteiger partial charge in [0.25, 0.3) is 0 Å². The molecule has 0 amide bonds. The molecule has 1 aliphatic carbocycles. The molecule has 2 atom stereocenters. The average Bonchev–Trinajstić information content (AvgIpc) is 2.99. The van der Waals surface area contributed by atoms with E-state index in [1.165, 1.54) is 17.5 Å². The van der Waals surface area contributed by atoms with Gasteiger partial charge in [-0.25, -0.2) is 0 Å². The van der Waals surface area contributed by atoms with Crippen molar-refractivity contribution in [1.29, 1.82) is 0 Å². The zero-order valence-electron chi connectivity index (χ0n) is 10.5. The largest absolute Gasteiger partial charge is 0.328 e. The second-order valence-corrected chi connectivity index (χ2v) is 5.23. The van der Waals surface area contributed by atoms with E-state index in [2.05, 4.69) is 35.6 Å². The molecule has 1 heterocycles. The van der Waals surface area contributed by atoms with Crippen LogP contribution in [0.1, 0.15) is 36.3 Å². The van der Waals surface area contributed by atoms with E-state index in [9.17, 15) is 0 Å². The summed E-state index contributed by atoms with van der Waals surface area (Å²) >= 11 is 0. The fourth-order valence-electron chi connectivity index (χ4n) is 2.77. The van der Waals surface area contributed by atoms with Crippen LogP contribution < -0.4 is 5.73 Å². The standard InChI is InChI=1S/C15H19N3/c16-15-7-6-13(8-15)14-9-17-18(11-14)10-12-4-2-1-3-5-12/h1-5,9,11,13,15H,6-8,10,16H2. The lowest BCUT2D eigenvalue weighted by Gasteiger charge is -2.05. The molecule has 2 N–H and O–H groups in total. The van der Waals surface area contributed by atoms with Crippen LogP contribution in [0.4, 0.5) is 0 Å². The van der Waals surface area contributed by atoms with Crippen LogP contribution in [0, 0.1) is 0 Å². The van der Waals surface area contributed by atoms with Crippen molar-refractivity contribution in [2.75, 3.05) is 0 Å². The molecular weight excluding hydrogens is 222 g/mol. The topological polar surface area (TPSA) is 43.8 Å². The smallest absolute Gasteiger partial charge is 0.0659 e. The number of aromatic nitrogens is 2. The molecule has 94 valence electrons. The number of benzene rings is 1. The first-order valence-corrected chi connectivity index (χ1v) is 6.63. The maximum atomic E-state index is 5.97. The molecule has 0 saturated heterocycles. The third-order valence-corrected chi connectivity index (χ3v) is 3.79. The van der Waals surface area contributed by atoms with E-state index in [0.29, 0.717) is 12.0 Å². The van der Waals surface area contributed by atoms with E-state index >= 15 is 0 Å². The van der Waals surface area contributed by atoms with Gasteiger partial charge in [0, 0.05) is 12.2 Å². The van der Waals surface area contributed by atoms with Crippen molar-refractivity contribution in [3.63, 3.8) is 0 Å². The Bertz CT molecular complexity index is 503. The van der Waals surface area contributed by atoms with Crippen LogP contribution in [-0.2, 0) is 6.54 Å². The number of hydrogen-bond donors (Lipinski definition) is 1. The second kappa shape index (κ2) is 4.94. The summed E-state index contributed by atoms with van der Waals surface area (Å²) in [5, 5.41) is 4.46. The lowest BCUT2D eigenvalue weighted by Crippen LogP contribution is -2.14. The van der Waals surface area contributed by atoms with Gasteiger partial charge < -0.3 is 5.73 Å². The SMILES string of the molecule is NC1CCC(c2cnn(Cc3ccccc3)c2)C1. The van der Waals surface area contributed by atoms with Crippen LogP contribution in [0.3, 0.4) is 0 Å². The van der Waals surface area contributed by atoms with Gasteiger partial charge in [-0.2, -0.15) is 5.10 Å². The van der Waals surface area contributed by atoms with E-state index in [1.807, 2.05) is 16.9 Å². The fraction of sp³-hybridized carbons (Fsp3) is 0.400. The minimum absolute atomic E-state index is 0.382. The average molecular weight is 241 g/mol. The zero-order chi connectivity index (χ0) is 12.4. The minimum atomic E-state index is 0.382. The molecule has 0 bridgehead atoms. The van der Waals surface area contributed by atoms with Crippen molar-refractivity contribution in [3.8, 4) is 0 Å². The molecule has 0 radical (unpaired) electrons. The fourth-order valence-corrected chi connectivity index (χ4v) is 2.77. The monoisotopic (exact) mass is 241 g/mol. The van der Waals surface area contributed by atoms with Gasteiger partial charge >= 0.3 is 0 Å². The third kappa shape index (κ3) is 2.46. The van der Waals surface area contributed by atoms with Gasteiger partial charge in [-0.3, -0.25) is 4.68 Å². The molecule has 3 heteroatoms. The van der Waals surface area contributed by atoms with Crippen LogP contribution in [0.25, 0.3) is 0 Å². The summed E-state index contributed by atoms with van der Waals surface area (Å²) in [5.41, 5.74) is 8.60. The summed E-state index contributed by atoms with van der Waals surface area (Å²) in [4.78, 5) is 0. The molecule has 3 rings (SSSR count). The zero-order valence-corrected chi connectivity index (χ0v) is 10.5. The number of nitrogens with zero attached hydrogens (tertiary/aromatic N) is 2. The van der Waals surface area contributed by atoms with Crippen molar-refractivity contribution >= 4 is 0 Å². The van der Waals surface area contributed by atoms with Crippen molar-refractivity contribution in [1.82, 2.24) is 9.78 Å². The van der Waals surface area contributed by atoms with Gasteiger partial charge in [0.15, 0.2) is 0 Å². The molecule has 18 heavy (non-hydrogen) atoms. The Morgan fingerprint density at radius 3 is 2.78 bits per heavy atom. The molecular formula is C15H19N3. The Morgan fingerprint density at radius 2 is 2.06 bits per heavy atom. The van der Waals surface area contributed by atoms with E-state index in [0.717, 1.165) is 19.4 Å². The van der Waals surface area contributed by atoms with Crippen molar-refractivity contribution in [2.24, 2.45) is 5.73 Å². The highest BCUT2D eigenvalue weighted by atomic mass is 15.3. The highest BCUT2D eigenvalue weighted by Gasteiger charge is 2.24. The Hall–Kier alpha value is -1.61. The number of nitrogens with two attached hydrogens (primary N) is 1.